The van der Waals surface area contributed by atoms with Gasteiger partial charge in [0, 0.05) is 7.05 Å². The molecule has 0 aromatic carbocycles. The van der Waals surface area contributed by atoms with E-state index >= 15 is 0 Å². The van der Waals surface area contributed by atoms with Crippen LogP contribution in [-0.2, 0) is 4.74 Å². The average Bonchev–Trinajstić information content (AvgIpc) is 2.17. The van der Waals surface area contributed by atoms with Crippen molar-refractivity contribution in [1.82, 2.24) is 4.90 Å². The molecule has 17 heavy (non-hydrogen) atoms. The Labute approximate surface area is 105 Å². The zero-order valence-corrected chi connectivity index (χ0v) is 12.2. The maximum Gasteiger partial charge on any atom is 0.410 e. The monoisotopic (exact) mass is 242 g/mol. The van der Waals surface area contributed by atoms with Gasteiger partial charge in [0.05, 0.1) is 12.3 Å². The van der Waals surface area contributed by atoms with Crippen molar-refractivity contribution in [2.24, 2.45) is 0 Å². The Balaban J connectivity index is 0. The molecule has 0 atom stereocenters. The van der Waals surface area contributed by atoms with E-state index in [9.17, 15) is 4.79 Å². The first-order valence-corrected chi connectivity index (χ1v) is 5.81. The van der Waals surface area contributed by atoms with Gasteiger partial charge in [0.1, 0.15) is 5.60 Å². The van der Waals surface area contributed by atoms with E-state index in [1.165, 1.54) is 4.90 Å². The Morgan fingerprint density at radius 2 is 1.76 bits per heavy atom. The number of nitrogens with one attached hydrogen (secondary N) is 1. The van der Waals surface area contributed by atoms with Gasteiger partial charge in [-0.1, -0.05) is 20.4 Å². The van der Waals surface area contributed by atoms with E-state index in [2.05, 4.69) is 6.58 Å². The molecule has 100 valence electrons. The van der Waals surface area contributed by atoms with Crippen LogP contribution < -0.4 is 0 Å². The highest BCUT2D eigenvalue weighted by Crippen LogP contribution is 2.09. The van der Waals surface area contributed by atoms with E-state index in [0.717, 1.165) is 0 Å². The highest BCUT2D eigenvalue weighted by molar-refractivity contribution is 5.99. The van der Waals surface area contributed by atoms with Gasteiger partial charge >= 0.3 is 6.09 Å². The molecule has 0 radical (unpaired) electrons. The Morgan fingerprint density at radius 3 is 2.06 bits per heavy atom. The van der Waals surface area contributed by atoms with Crippen molar-refractivity contribution < 1.29 is 9.53 Å². The number of amides is 1. The molecule has 0 rings (SSSR count). The normalized spacial score (nSPS) is 9.82. The number of hydrogen-bond donors (Lipinski definition) is 1. The van der Waals surface area contributed by atoms with Crippen LogP contribution >= 0.6 is 0 Å². The summed E-state index contributed by atoms with van der Waals surface area (Å²) in [5.74, 6) is 0. The van der Waals surface area contributed by atoms with E-state index in [-0.39, 0.29) is 6.54 Å². The van der Waals surface area contributed by atoms with Crippen LogP contribution in [0.25, 0.3) is 0 Å². The van der Waals surface area contributed by atoms with Gasteiger partial charge in [-0.15, -0.1) is 0 Å². The molecule has 0 spiro atoms. The number of carbonyl (C=O) groups is 1. The van der Waals surface area contributed by atoms with E-state index in [1.54, 1.807) is 14.0 Å². The van der Waals surface area contributed by atoms with Gasteiger partial charge in [0.25, 0.3) is 0 Å². The maximum absolute atomic E-state index is 11.5. The van der Waals surface area contributed by atoms with Crippen molar-refractivity contribution >= 4 is 11.8 Å². The molecule has 0 heterocycles. The largest absolute Gasteiger partial charge is 0.444 e. The van der Waals surface area contributed by atoms with E-state index in [4.69, 9.17) is 10.1 Å². The Morgan fingerprint density at radius 1 is 1.35 bits per heavy atom. The van der Waals surface area contributed by atoms with Gasteiger partial charge in [-0.25, -0.2) is 4.79 Å². The topological polar surface area (TPSA) is 53.4 Å². The zero-order chi connectivity index (χ0) is 14.2. The quantitative estimate of drug-likeness (QED) is 0.770. The molecule has 0 aliphatic heterocycles. The summed E-state index contributed by atoms with van der Waals surface area (Å²) in [5, 5.41) is 7.55. The smallest absolute Gasteiger partial charge is 0.410 e. The van der Waals surface area contributed by atoms with Crippen LogP contribution in [0.15, 0.2) is 12.2 Å². The summed E-state index contributed by atoms with van der Waals surface area (Å²) in [7, 11) is 1.60. The van der Waals surface area contributed by atoms with Gasteiger partial charge in [0.15, 0.2) is 0 Å². The highest BCUT2D eigenvalue weighted by Gasteiger charge is 2.20. The molecule has 0 unspecified atom stereocenters. The minimum absolute atomic E-state index is 0.226. The van der Waals surface area contributed by atoms with Crippen LogP contribution in [-0.4, -0.2) is 35.9 Å². The average molecular weight is 242 g/mol. The molecule has 4 heteroatoms. The molecule has 4 nitrogen and oxygen atoms in total. The zero-order valence-electron chi connectivity index (χ0n) is 12.2. The first kappa shape index (κ1) is 18.1. The first-order valence-electron chi connectivity index (χ1n) is 5.81. The predicted molar refractivity (Wildman–Crippen MR) is 72.8 cm³/mol. The maximum atomic E-state index is 11.5. The SMILES string of the molecule is C=C(C)C(=N)CN(C)C(=O)OC(C)(C)C.CC. The standard InChI is InChI=1S/C11H20N2O2.C2H6/c1-8(2)9(12)7-13(6)10(14)15-11(3,4)5;1-2/h12H,1,7H2,2-6H3;1-2H3. The van der Waals surface area contributed by atoms with Crippen molar-refractivity contribution in [3.63, 3.8) is 0 Å². The molecule has 0 bridgehead atoms. The van der Waals surface area contributed by atoms with Crippen LogP contribution in [0.4, 0.5) is 4.79 Å². The molecular weight excluding hydrogens is 216 g/mol. The predicted octanol–water partition coefficient (Wildman–Crippen LogP) is 3.48. The Kier molecular flexibility index (Phi) is 8.36. The second-order valence-electron chi connectivity index (χ2n) is 4.60. The van der Waals surface area contributed by atoms with Gasteiger partial charge in [-0.3, -0.25) is 0 Å². The second-order valence-corrected chi connectivity index (χ2v) is 4.60. The number of hydrogen-bond acceptors (Lipinski definition) is 3. The van der Waals surface area contributed by atoms with Gasteiger partial charge in [0.2, 0.25) is 0 Å². The summed E-state index contributed by atoms with van der Waals surface area (Å²) in [6.07, 6.45) is -0.423. The summed E-state index contributed by atoms with van der Waals surface area (Å²) in [5.41, 5.74) is 0.491. The fourth-order valence-corrected chi connectivity index (χ4v) is 0.777. The molecule has 0 aliphatic carbocycles. The fourth-order valence-electron chi connectivity index (χ4n) is 0.777. The second kappa shape index (κ2) is 7.87. The van der Waals surface area contributed by atoms with Crippen LogP contribution in [0.1, 0.15) is 41.5 Å². The molecule has 1 amide bonds. The third-order valence-corrected chi connectivity index (χ3v) is 1.62. The van der Waals surface area contributed by atoms with E-state index in [0.29, 0.717) is 11.3 Å². The van der Waals surface area contributed by atoms with Crippen molar-refractivity contribution in [2.45, 2.75) is 47.1 Å². The highest BCUT2D eigenvalue weighted by atomic mass is 16.6. The summed E-state index contributed by atoms with van der Waals surface area (Å²) < 4.78 is 5.14. The lowest BCUT2D eigenvalue weighted by Crippen LogP contribution is -2.37. The van der Waals surface area contributed by atoms with E-state index < -0.39 is 11.7 Å². The molecular formula is C13H26N2O2. The van der Waals surface area contributed by atoms with Crippen LogP contribution in [0, 0.1) is 5.41 Å². The Hall–Kier alpha value is -1.32. The fraction of sp³-hybridized carbons (Fsp3) is 0.692. The number of nitrogens with zero attached hydrogens (tertiary/aromatic N) is 1. The van der Waals surface area contributed by atoms with Crippen LogP contribution in [0.5, 0.6) is 0 Å². The van der Waals surface area contributed by atoms with Crippen LogP contribution in [0.3, 0.4) is 0 Å². The van der Waals surface area contributed by atoms with Crippen molar-refractivity contribution in [3.05, 3.63) is 12.2 Å². The number of rotatable bonds is 3. The minimum Gasteiger partial charge on any atom is -0.444 e. The number of ether oxygens (including phenoxy) is 1. The number of carbonyl (C=O) groups excluding carboxylic acids is 1. The summed E-state index contributed by atoms with van der Waals surface area (Å²) in [4.78, 5) is 12.9. The van der Waals surface area contributed by atoms with E-state index in [1.807, 2.05) is 34.6 Å². The lowest BCUT2D eigenvalue weighted by molar-refractivity contribution is 0.0324. The summed E-state index contributed by atoms with van der Waals surface area (Å²) in [6.45, 7) is 15.0. The molecule has 0 saturated heterocycles. The molecule has 0 aliphatic rings. The first-order chi connectivity index (χ1) is 7.63. The summed E-state index contributed by atoms with van der Waals surface area (Å²) in [6, 6.07) is 0. The summed E-state index contributed by atoms with van der Waals surface area (Å²) >= 11 is 0. The molecule has 0 saturated carbocycles. The van der Waals surface area contributed by atoms with Crippen molar-refractivity contribution in [3.8, 4) is 0 Å². The van der Waals surface area contributed by atoms with Gasteiger partial charge < -0.3 is 15.0 Å². The van der Waals surface area contributed by atoms with Gasteiger partial charge in [-0.2, -0.15) is 0 Å². The Bertz CT molecular complexity index is 278. The third kappa shape index (κ3) is 9.60. The van der Waals surface area contributed by atoms with Crippen molar-refractivity contribution in [1.29, 1.82) is 5.41 Å². The molecule has 0 fully saturated rings. The van der Waals surface area contributed by atoms with Crippen molar-refractivity contribution in [2.75, 3.05) is 13.6 Å². The lowest BCUT2D eigenvalue weighted by atomic mass is 10.2. The van der Waals surface area contributed by atoms with Crippen LogP contribution in [0.2, 0.25) is 0 Å². The molecule has 0 aromatic rings. The minimum atomic E-state index is -0.503. The molecule has 0 aromatic heterocycles. The molecule has 1 N–H and O–H groups in total. The lowest BCUT2D eigenvalue weighted by Gasteiger charge is -2.24. The third-order valence-electron chi connectivity index (χ3n) is 1.62. The van der Waals surface area contributed by atoms with Gasteiger partial charge in [-0.05, 0) is 33.3 Å².